The Morgan fingerprint density at radius 1 is 0.625 bits per heavy atom. The van der Waals surface area contributed by atoms with Crippen LogP contribution in [0.2, 0.25) is 0 Å². The predicted octanol–water partition coefficient (Wildman–Crippen LogP) is 4.30. The Bertz CT molecular complexity index is 67.1. The Labute approximate surface area is 70.0 Å². The van der Waals surface area contributed by atoms with Crippen LogP contribution in [0.1, 0.15) is 0 Å². The number of rotatable bonds is 0. The van der Waals surface area contributed by atoms with Crippen LogP contribution in [0.3, 0.4) is 0 Å². The van der Waals surface area contributed by atoms with E-state index < -0.39 is 6.48 Å². The van der Waals surface area contributed by atoms with E-state index in [1.807, 2.05) is 0 Å². The molecule has 0 aliphatic heterocycles. The summed E-state index contributed by atoms with van der Waals surface area (Å²) in [5, 5.41) is 0. The monoisotopic (exact) mass is 330 g/mol. The number of hydrogen-bond donors (Lipinski definition) is 1. The van der Waals surface area contributed by atoms with Gasteiger partial charge in [0.2, 0.25) is 0 Å². The Balaban J connectivity index is 0. The van der Waals surface area contributed by atoms with Crippen molar-refractivity contribution < 1.29 is 6.48 Å². The van der Waals surface area contributed by atoms with E-state index in [1.165, 1.54) is 0 Å². The van der Waals surface area contributed by atoms with Crippen LogP contribution in [-0.2, 0) is 6.48 Å². The van der Waals surface area contributed by atoms with E-state index in [0.29, 0.717) is 0 Å². The maximum absolute atomic E-state index is 5.15. The molecule has 0 radical (unpaired) electrons. The molecule has 0 saturated carbocycles. The molecule has 3 N–H and O–H groups in total. The molecule has 0 heterocycles. The quantitative estimate of drug-likeness (QED) is 0.660. The Hall–Kier alpha value is 2.32. The molecule has 0 amide bonds. The van der Waals surface area contributed by atoms with E-state index in [2.05, 4.69) is 0 Å². The number of hydrogen-bond acceptors (Lipinski definition) is 1. The minimum atomic E-state index is -5.15. The molecule has 0 bridgehead atoms. The average molecular weight is 333 g/mol. The molecule has 0 atom stereocenters. The van der Waals surface area contributed by atoms with Crippen LogP contribution in [0.15, 0.2) is 0 Å². The first-order chi connectivity index (χ1) is 2.45. The first kappa shape index (κ1) is 13.0. The van der Waals surface area contributed by atoms with Gasteiger partial charge in [-0.25, -0.2) is 0 Å². The Morgan fingerprint density at radius 3 is 0.625 bits per heavy atom. The van der Waals surface area contributed by atoms with Gasteiger partial charge in [0.25, 0.3) is 0 Å². The van der Waals surface area contributed by atoms with Gasteiger partial charge in [0.05, 0.1) is 0 Å². The second kappa shape index (κ2) is 2.15. The molecule has 0 aromatic rings. The molecule has 0 unspecified atom stereocenters. The third-order valence-corrected chi connectivity index (χ3v) is 0. The van der Waals surface area contributed by atoms with E-state index in [9.17, 15) is 0 Å². The summed E-state index contributed by atoms with van der Waals surface area (Å²) in [6.07, 6.45) is 0. The van der Waals surface area contributed by atoms with E-state index in [0.717, 1.165) is 0 Å². The van der Waals surface area contributed by atoms with Gasteiger partial charge in [-0.1, -0.05) is 0 Å². The zero-order chi connectivity index (χ0) is 6.41. The van der Waals surface area contributed by atoms with E-state index in [4.69, 9.17) is 58.1 Å². The molecule has 0 fully saturated rings. The molecular formula is H3Cl6NRh. The molecule has 8 heteroatoms. The summed E-state index contributed by atoms with van der Waals surface area (Å²) in [6.45, 7) is -5.15. The van der Waals surface area contributed by atoms with Gasteiger partial charge in [0, 0.05) is 0 Å². The Kier molecular flexibility index (Phi) is 3.48. The Morgan fingerprint density at radius 2 is 0.625 bits per heavy atom. The molecule has 0 rings (SSSR count). The van der Waals surface area contributed by atoms with Gasteiger partial charge in [-0.15, -0.1) is 0 Å². The van der Waals surface area contributed by atoms with Gasteiger partial charge >= 0.3 is 64.6 Å². The van der Waals surface area contributed by atoms with Crippen molar-refractivity contribution in [3.05, 3.63) is 0 Å². The topological polar surface area (TPSA) is 35.0 Å². The van der Waals surface area contributed by atoms with Crippen molar-refractivity contribution in [2.45, 2.75) is 0 Å². The van der Waals surface area contributed by atoms with Crippen molar-refractivity contribution in [1.82, 2.24) is 6.15 Å². The second-order valence-corrected chi connectivity index (χ2v) is 38.0. The fourth-order valence-corrected chi connectivity index (χ4v) is 0. The van der Waals surface area contributed by atoms with E-state index >= 15 is 0 Å². The fourth-order valence-electron chi connectivity index (χ4n) is 0. The summed E-state index contributed by atoms with van der Waals surface area (Å²) >= 11 is 0. The van der Waals surface area contributed by atoms with Gasteiger partial charge in [-0.3, -0.25) is 0 Å². The third kappa shape index (κ3) is 82.7. The summed E-state index contributed by atoms with van der Waals surface area (Å²) in [5.41, 5.74) is 0. The molecule has 0 aliphatic rings. The summed E-state index contributed by atoms with van der Waals surface area (Å²) in [5.74, 6) is 0. The molecule has 0 aromatic carbocycles. The average Bonchev–Trinajstić information content (AvgIpc) is 0.592. The fraction of sp³-hybridized carbons (Fsp3) is 0. The summed E-state index contributed by atoms with van der Waals surface area (Å²) in [6, 6.07) is 0. The van der Waals surface area contributed by atoms with E-state index in [-0.39, 0.29) is 6.15 Å². The molecular weight excluding hydrogens is 330 g/mol. The van der Waals surface area contributed by atoms with Gasteiger partial charge in [-0.05, 0) is 0 Å². The van der Waals surface area contributed by atoms with Crippen LogP contribution in [0, 0.1) is 0 Å². The van der Waals surface area contributed by atoms with Crippen molar-refractivity contribution in [3.63, 3.8) is 0 Å². The SMILES string of the molecule is N.[Cl][Rh]([Cl])([Cl])([Cl])([Cl])[Cl]. The van der Waals surface area contributed by atoms with Crippen LogP contribution in [0.25, 0.3) is 0 Å². The molecule has 0 saturated heterocycles. The first-order valence-corrected chi connectivity index (χ1v) is 13.4. The molecule has 0 aliphatic carbocycles. The maximum atomic E-state index is 5.04. The van der Waals surface area contributed by atoms with Crippen LogP contribution < -0.4 is 6.15 Å². The second-order valence-electron chi connectivity index (χ2n) is 0.714. The van der Waals surface area contributed by atoms with Crippen molar-refractivity contribution in [1.29, 1.82) is 0 Å². The summed E-state index contributed by atoms with van der Waals surface area (Å²) < 4.78 is 0. The van der Waals surface area contributed by atoms with Gasteiger partial charge < -0.3 is 6.15 Å². The molecule has 8 heavy (non-hydrogen) atoms. The minimum absolute atomic E-state index is 0. The summed E-state index contributed by atoms with van der Waals surface area (Å²) in [4.78, 5) is 0. The third-order valence-electron chi connectivity index (χ3n) is 0. The van der Waals surface area contributed by atoms with Crippen molar-refractivity contribution in [2.75, 3.05) is 0 Å². The standard InChI is InChI=1S/6ClH.H3N.Rh/h6*1H;1H3;/q;;;;;;;+6/p-6. The van der Waals surface area contributed by atoms with Gasteiger partial charge in [-0.2, -0.15) is 0 Å². The van der Waals surface area contributed by atoms with Crippen molar-refractivity contribution >= 4 is 58.1 Å². The zero-order valence-electron chi connectivity index (χ0n) is 3.31. The molecule has 1 nitrogen and oxygen atoms in total. The van der Waals surface area contributed by atoms with Crippen molar-refractivity contribution in [3.8, 4) is 0 Å². The van der Waals surface area contributed by atoms with Crippen LogP contribution in [-0.4, -0.2) is 0 Å². The first-order valence-electron chi connectivity index (χ1n) is 0.756. The van der Waals surface area contributed by atoms with Crippen molar-refractivity contribution in [2.24, 2.45) is 0 Å². The van der Waals surface area contributed by atoms with Crippen LogP contribution >= 0.6 is 58.1 Å². The van der Waals surface area contributed by atoms with Gasteiger partial charge in [0.1, 0.15) is 0 Å². The summed E-state index contributed by atoms with van der Waals surface area (Å²) in [7, 11) is 30.2. The molecule has 59 valence electrons. The molecule has 0 aromatic heterocycles. The molecule has 0 spiro atoms. The van der Waals surface area contributed by atoms with E-state index in [1.54, 1.807) is 0 Å². The predicted molar refractivity (Wildman–Crippen MR) is 40.1 cm³/mol. The van der Waals surface area contributed by atoms with Gasteiger partial charge in [0.15, 0.2) is 0 Å². The van der Waals surface area contributed by atoms with Crippen LogP contribution in [0.4, 0.5) is 0 Å². The van der Waals surface area contributed by atoms with Crippen LogP contribution in [0.5, 0.6) is 0 Å². The zero-order valence-corrected chi connectivity index (χ0v) is 9.48. The number of halogens is 6. The normalized spacial score (nSPS) is 20.2.